The highest BCUT2D eigenvalue weighted by Gasteiger charge is 2.23. The topological polar surface area (TPSA) is 66.4 Å². The summed E-state index contributed by atoms with van der Waals surface area (Å²) < 4.78 is 23.7. The zero-order valence-corrected chi connectivity index (χ0v) is 15.6. The van der Waals surface area contributed by atoms with Gasteiger partial charge in [0.05, 0.1) is 13.2 Å². The number of hydrogen-bond acceptors (Lipinski definition) is 4. The molecule has 0 bridgehead atoms. The third kappa shape index (κ3) is 5.32. The Morgan fingerprint density at radius 3 is 2.58 bits per heavy atom. The number of benzene rings is 1. The second kappa shape index (κ2) is 9.96. The number of aliphatic imine (C=N–C) groups is 1. The summed E-state index contributed by atoms with van der Waals surface area (Å²) >= 11 is 0. The minimum absolute atomic E-state index is 0.240. The number of carbonyl (C=O) groups is 1. The molecular weight excluding hydrogens is 339 g/mol. The van der Waals surface area contributed by atoms with Crippen molar-refractivity contribution in [2.45, 2.75) is 20.1 Å². The van der Waals surface area contributed by atoms with E-state index >= 15 is 0 Å². The largest absolute Gasteiger partial charge is 0.450 e. The molecule has 0 aliphatic carbocycles. The van der Waals surface area contributed by atoms with Crippen LogP contribution >= 0.6 is 0 Å². The van der Waals surface area contributed by atoms with Gasteiger partial charge in [-0.25, -0.2) is 9.18 Å². The first-order valence-corrected chi connectivity index (χ1v) is 8.72. The molecule has 1 aliphatic rings. The second-order valence-electron chi connectivity index (χ2n) is 5.93. The van der Waals surface area contributed by atoms with Crippen molar-refractivity contribution in [3.05, 3.63) is 35.1 Å². The van der Waals surface area contributed by atoms with Gasteiger partial charge in [-0.05, 0) is 24.6 Å². The van der Waals surface area contributed by atoms with Crippen LogP contribution in [-0.4, -0.2) is 68.8 Å². The highest BCUT2D eigenvalue weighted by molar-refractivity contribution is 5.80. The predicted molar refractivity (Wildman–Crippen MR) is 97.5 cm³/mol. The lowest BCUT2D eigenvalue weighted by Crippen LogP contribution is -2.53. The van der Waals surface area contributed by atoms with Crippen LogP contribution in [-0.2, 0) is 22.6 Å². The molecule has 7 nitrogen and oxygen atoms in total. The van der Waals surface area contributed by atoms with E-state index in [9.17, 15) is 9.18 Å². The van der Waals surface area contributed by atoms with Gasteiger partial charge in [-0.1, -0.05) is 6.07 Å². The summed E-state index contributed by atoms with van der Waals surface area (Å²) in [6.07, 6.45) is -0.271. The van der Waals surface area contributed by atoms with Crippen molar-refractivity contribution >= 4 is 12.1 Å². The number of rotatable bonds is 5. The summed E-state index contributed by atoms with van der Waals surface area (Å²) in [5.41, 5.74) is 1.48. The third-order valence-corrected chi connectivity index (χ3v) is 4.18. The Morgan fingerprint density at radius 1 is 1.27 bits per heavy atom. The summed E-state index contributed by atoms with van der Waals surface area (Å²) in [6.45, 7) is 5.49. The van der Waals surface area contributed by atoms with Gasteiger partial charge in [-0.3, -0.25) is 4.99 Å². The normalized spacial score (nSPS) is 15.2. The van der Waals surface area contributed by atoms with E-state index in [2.05, 4.69) is 15.2 Å². The summed E-state index contributed by atoms with van der Waals surface area (Å²) in [4.78, 5) is 19.9. The lowest BCUT2D eigenvalue weighted by molar-refractivity contribution is 0.0914. The summed E-state index contributed by atoms with van der Waals surface area (Å²) in [5, 5.41) is 3.29. The van der Waals surface area contributed by atoms with Gasteiger partial charge in [0.2, 0.25) is 0 Å². The van der Waals surface area contributed by atoms with Crippen molar-refractivity contribution in [2.24, 2.45) is 4.99 Å². The van der Waals surface area contributed by atoms with Crippen LogP contribution in [0.5, 0.6) is 0 Å². The smallest absolute Gasteiger partial charge is 0.409 e. The Morgan fingerprint density at radius 2 is 1.96 bits per heavy atom. The van der Waals surface area contributed by atoms with Crippen LogP contribution < -0.4 is 5.32 Å². The van der Waals surface area contributed by atoms with Gasteiger partial charge in [0.25, 0.3) is 0 Å². The van der Waals surface area contributed by atoms with Crippen LogP contribution in [0, 0.1) is 5.82 Å². The number of methoxy groups -OCH3 is 1. The quantitative estimate of drug-likeness (QED) is 0.636. The van der Waals surface area contributed by atoms with E-state index in [0.717, 1.165) is 11.5 Å². The van der Waals surface area contributed by atoms with Crippen LogP contribution in [0.3, 0.4) is 0 Å². The van der Waals surface area contributed by atoms with E-state index in [1.165, 1.54) is 6.07 Å². The molecule has 0 saturated carbocycles. The molecule has 8 heteroatoms. The first-order valence-electron chi connectivity index (χ1n) is 8.72. The van der Waals surface area contributed by atoms with E-state index in [-0.39, 0.29) is 18.5 Å². The first-order chi connectivity index (χ1) is 12.6. The molecule has 0 unspecified atom stereocenters. The summed E-state index contributed by atoms with van der Waals surface area (Å²) in [5.74, 6) is 0.487. The lowest BCUT2D eigenvalue weighted by atomic mass is 10.1. The standard InChI is InChI=1S/C18H27FN4O3/c1-4-26-18(24)23-9-7-22(8-10-23)17(20-2)21-12-14-5-6-16(19)15(11-14)13-25-3/h5-6,11H,4,7-10,12-13H2,1-3H3,(H,20,21). The molecule has 0 aromatic heterocycles. The average Bonchev–Trinajstić information content (AvgIpc) is 2.65. The van der Waals surface area contributed by atoms with E-state index in [0.29, 0.717) is 44.9 Å². The Labute approximate surface area is 153 Å². The molecule has 1 N–H and O–H groups in total. The van der Waals surface area contributed by atoms with E-state index < -0.39 is 0 Å². The summed E-state index contributed by atoms with van der Waals surface area (Å²) in [7, 11) is 3.27. The number of piperazine rings is 1. The Hall–Kier alpha value is -2.35. The van der Waals surface area contributed by atoms with E-state index in [1.807, 2.05) is 0 Å². The number of nitrogens with zero attached hydrogens (tertiary/aromatic N) is 3. The molecule has 1 aromatic rings. The van der Waals surface area contributed by atoms with Gasteiger partial charge >= 0.3 is 6.09 Å². The Kier molecular flexibility index (Phi) is 7.65. The van der Waals surface area contributed by atoms with Crippen molar-refractivity contribution in [2.75, 3.05) is 46.9 Å². The molecule has 0 spiro atoms. The molecule has 1 heterocycles. The molecule has 0 radical (unpaired) electrons. The van der Waals surface area contributed by atoms with Gasteiger partial charge in [-0.15, -0.1) is 0 Å². The molecule has 1 saturated heterocycles. The van der Waals surface area contributed by atoms with Gasteiger partial charge < -0.3 is 24.6 Å². The van der Waals surface area contributed by atoms with Crippen molar-refractivity contribution < 1.29 is 18.7 Å². The minimum Gasteiger partial charge on any atom is -0.450 e. The maximum atomic E-state index is 13.7. The van der Waals surface area contributed by atoms with E-state index in [4.69, 9.17) is 9.47 Å². The SMILES string of the molecule is CCOC(=O)N1CCN(C(=NC)NCc2ccc(F)c(COC)c2)CC1. The van der Waals surface area contributed by atoms with Crippen molar-refractivity contribution in [3.63, 3.8) is 0 Å². The van der Waals surface area contributed by atoms with Crippen LogP contribution in [0.15, 0.2) is 23.2 Å². The van der Waals surface area contributed by atoms with Gasteiger partial charge in [0.1, 0.15) is 5.82 Å². The zero-order valence-electron chi connectivity index (χ0n) is 15.6. The number of halogens is 1. The van der Waals surface area contributed by atoms with Crippen molar-refractivity contribution in [1.82, 2.24) is 15.1 Å². The molecule has 1 aromatic carbocycles. The molecule has 1 amide bonds. The number of hydrogen-bond donors (Lipinski definition) is 1. The lowest BCUT2D eigenvalue weighted by Gasteiger charge is -2.35. The molecular formula is C18H27FN4O3. The van der Waals surface area contributed by atoms with Crippen LogP contribution in [0.25, 0.3) is 0 Å². The monoisotopic (exact) mass is 366 g/mol. The van der Waals surface area contributed by atoms with Gasteiger partial charge in [0.15, 0.2) is 5.96 Å². The first kappa shape index (κ1) is 20.0. The maximum Gasteiger partial charge on any atom is 0.409 e. The Bertz CT molecular complexity index is 631. The second-order valence-corrected chi connectivity index (χ2v) is 5.93. The highest BCUT2D eigenvalue weighted by Crippen LogP contribution is 2.12. The molecule has 1 fully saturated rings. The zero-order chi connectivity index (χ0) is 18.9. The van der Waals surface area contributed by atoms with Crippen molar-refractivity contribution in [3.8, 4) is 0 Å². The van der Waals surface area contributed by atoms with Crippen LogP contribution in [0.2, 0.25) is 0 Å². The predicted octanol–water partition coefficient (Wildman–Crippen LogP) is 1.82. The fourth-order valence-corrected chi connectivity index (χ4v) is 2.83. The fourth-order valence-electron chi connectivity index (χ4n) is 2.83. The third-order valence-electron chi connectivity index (χ3n) is 4.18. The maximum absolute atomic E-state index is 13.7. The average molecular weight is 366 g/mol. The van der Waals surface area contributed by atoms with Gasteiger partial charge in [-0.2, -0.15) is 0 Å². The number of nitrogens with one attached hydrogen (secondary N) is 1. The molecule has 2 rings (SSSR count). The molecule has 26 heavy (non-hydrogen) atoms. The number of amides is 1. The van der Waals surface area contributed by atoms with Crippen LogP contribution in [0.1, 0.15) is 18.1 Å². The molecule has 144 valence electrons. The molecule has 0 atom stereocenters. The summed E-state index contributed by atoms with van der Waals surface area (Å²) in [6, 6.07) is 4.98. The van der Waals surface area contributed by atoms with Gasteiger partial charge in [0, 0.05) is 52.4 Å². The van der Waals surface area contributed by atoms with E-state index in [1.54, 1.807) is 38.1 Å². The Balaban J connectivity index is 1.89. The van der Waals surface area contributed by atoms with Crippen LogP contribution in [0.4, 0.5) is 9.18 Å². The number of carbonyl (C=O) groups excluding carboxylic acids is 1. The minimum atomic E-state index is -0.271. The highest BCUT2D eigenvalue weighted by atomic mass is 19.1. The number of guanidine groups is 1. The fraction of sp³-hybridized carbons (Fsp3) is 0.556. The van der Waals surface area contributed by atoms with Crippen molar-refractivity contribution in [1.29, 1.82) is 0 Å². The number of ether oxygens (including phenoxy) is 2. The molecule has 1 aliphatic heterocycles.